The number of aliphatic hydroxyl groups excluding tert-OH is 1. The Kier molecular flexibility index (Phi) is 4.03. The van der Waals surface area contributed by atoms with Crippen molar-refractivity contribution in [3.63, 3.8) is 0 Å². The van der Waals surface area contributed by atoms with E-state index in [2.05, 4.69) is 10.6 Å². The van der Waals surface area contributed by atoms with Crippen LogP contribution in [0, 0.1) is 11.8 Å². The van der Waals surface area contributed by atoms with Gasteiger partial charge in [-0.2, -0.15) is 0 Å². The molecule has 0 aromatic carbocycles. The maximum atomic E-state index is 9.09. The summed E-state index contributed by atoms with van der Waals surface area (Å²) in [6, 6.07) is 0.675. The summed E-state index contributed by atoms with van der Waals surface area (Å²) in [4.78, 5) is 0. The minimum Gasteiger partial charge on any atom is -0.394 e. The van der Waals surface area contributed by atoms with Crippen LogP contribution >= 0.6 is 12.2 Å². The Labute approximate surface area is 103 Å². The van der Waals surface area contributed by atoms with Gasteiger partial charge in [0.05, 0.1) is 12.6 Å². The van der Waals surface area contributed by atoms with Gasteiger partial charge < -0.3 is 15.7 Å². The van der Waals surface area contributed by atoms with Crippen LogP contribution in [0.3, 0.4) is 0 Å². The Balaban J connectivity index is 1.75. The monoisotopic (exact) mass is 242 g/mol. The van der Waals surface area contributed by atoms with Crippen molar-refractivity contribution >= 4 is 17.3 Å². The van der Waals surface area contributed by atoms with E-state index in [1.54, 1.807) is 0 Å². The summed E-state index contributed by atoms with van der Waals surface area (Å²) in [5, 5.41) is 16.4. The molecule has 0 amide bonds. The van der Waals surface area contributed by atoms with E-state index in [0.717, 1.165) is 23.4 Å². The number of rotatable bonds is 4. The molecule has 0 radical (unpaired) electrons. The lowest BCUT2D eigenvalue weighted by Crippen LogP contribution is -2.48. The molecule has 0 heterocycles. The third-order valence-electron chi connectivity index (χ3n) is 4.10. The van der Waals surface area contributed by atoms with Crippen LogP contribution < -0.4 is 10.6 Å². The number of hydrogen-bond donors (Lipinski definition) is 3. The molecule has 0 spiro atoms. The van der Waals surface area contributed by atoms with Gasteiger partial charge in [-0.25, -0.2) is 0 Å². The lowest BCUT2D eigenvalue weighted by Gasteiger charge is -2.26. The van der Waals surface area contributed by atoms with Crippen LogP contribution in [0.5, 0.6) is 0 Å². The fourth-order valence-corrected chi connectivity index (χ4v) is 3.41. The zero-order valence-electron chi connectivity index (χ0n) is 9.91. The van der Waals surface area contributed by atoms with Crippen molar-refractivity contribution in [1.29, 1.82) is 0 Å². The number of thiocarbonyl (C=S) groups is 1. The van der Waals surface area contributed by atoms with Crippen molar-refractivity contribution < 1.29 is 5.11 Å². The first kappa shape index (κ1) is 12.1. The summed E-state index contributed by atoms with van der Waals surface area (Å²) in [7, 11) is 0. The Morgan fingerprint density at radius 1 is 1.44 bits per heavy atom. The molecule has 0 aromatic rings. The normalized spacial score (nSPS) is 33.8. The van der Waals surface area contributed by atoms with Gasteiger partial charge in [0, 0.05) is 6.04 Å². The minimum absolute atomic E-state index is 0.0959. The van der Waals surface area contributed by atoms with Gasteiger partial charge in [-0.1, -0.05) is 13.3 Å². The molecule has 3 N–H and O–H groups in total. The summed E-state index contributed by atoms with van der Waals surface area (Å²) < 4.78 is 0. The van der Waals surface area contributed by atoms with Crippen molar-refractivity contribution in [3.8, 4) is 0 Å². The molecule has 0 aromatic heterocycles. The predicted octanol–water partition coefficient (Wildman–Crippen LogP) is 1.41. The third kappa shape index (κ3) is 2.66. The van der Waals surface area contributed by atoms with Crippen molar-refractivity contribution in [3.05, 3.63) is 0 Å². The fraction of sp³-hybridized carbons (Fsp3) is 0.917. The second-order valence-electron chi connectivity index (χ2n) is 5.19. The SMILES string of the molecule is CC[C@@H](CO)NC(=S)N[C@@H]1C[C@@H]2CC[C@@H]1C2. The van der Waals surface area contributed by atoms with Crippen LogP contribution in [0.15, 0.2) is 0 Å². The predicted molar refractivity (Wildman–Crippen MR) is 69.3 cm³/mol. The van der Waals surface area contributed by atoms with E-state index in [9.17, 15) is 0 Å². The number of nitrogens with one attached hydrogen (secondary N) is 2. The fourth-order valence-electron chi connectivity index (χ4n) is 3.09. The molecule has 2 aliphatic carbocycles. The molecule has 4 atom stereocenters. The van der Waals surface area contributed by atoms with E-state index in [1.807, 2.05) is 6.92 Å². The average molecular weight is 242 g/mol. The number of hydrogen-bond acceptors (Lipinski definition) is 2. The molecule has 0 aliphatic heterocycles. The second kappa shape index (κ2) is 5.32. The van der Waals surface area contributed by atoms with Crippen molar-refractivity contribution in [2.24, 2.45) is 11.8 Å². The van der Waals surface area contributed by atoms with E-state index in [4.69, 9.17) is 17.3 Å². The Hall–Kier alpha value is -0.350. The van der Waals surface area contributed by atoms with Gasteiger partial charge in [0.2, 0.25) is 0 Å². The summed E-state index contributed by atoms with van der Waals surface area (Å²) in [6.07, 6.45) is 6.34. The van der Waals surface area contributed by atoms with Gasteiger partial charge in [-0.3, -0.25) is 0 Å². The molecule has 0 unspecified atom stereocenters. The topological polar surface area (TPSA) is 44.3 Å². The van der Waals surface area contributed by atoms with Crippen molar-refractivity contribution in [2.75, 3.05) is 6.61 Å². The minimum atomic E-state index is 0.0959. The van der Waals surface area contributed by atoms with Crippen molar-refractivity contribution in [2.45, 2.75) is 51.1 Å². The molecule has 2 rings (SSSR count). The van der Waals surface area contributed by atoms with Crippen LogP contribution in [-0.2, 0) is 0 Å². The lowest BCUT2D eigenvalue weighted by atomic mass is 9.95. The lowest BCUT2D eigenvalue weighted by molar-refractivity contribution is 0.251. The van der Waals surface area contributed by atoms with Gasteiger partial charge in [0.25, 0.3) is 0 Å². The van der Waals surface area contributed by atoms with Crippen LogP contribution in [-0.4, -0.2) is 28.9 Å². The van der Waals surface area contributed by atoms with Crippen LogP contribution in [0.4, 0.5) is 0 Å². The molecule has 3 nitrogen and oxygen atoms in total. The molecule has 2 aliphatic rings. The molecule has 4 heteroatoms. The summed E-state index contributed by atoms with van der Waals surface area (Å²) in [6.45, 7) is 2.20. The van der Waals surface area contributed by atoms with Crippen LogP contribution in [0.25, 0.3) is 0 Å². The molecule has 2 bridgehead atoms. The molecule has 92 valence electrons. The second-order valence-corrected chi connectivity index (χ2v) is 5.60. The molecular formula is C12H22N2OS. The quantitative estimate of drug-likeness (QED) is 0.652. The Morgan fingerprint density at radius 2 is 2.25 bits per heavy atom. The largest absolute Gasteiger partial charge is 0.394 e. The highest BCUT2D eigenvalue weighted by atomic mass is 32.1. The zero-order chi connectivity index (χ0) is 11.5. The summed E-state index contributed by atoms with van der Waals surface area (Å²) >= 11 is 5.28. The van der Waals surface area contributed by atoms with Crippen LogP contribution in [0.1, 0.15) is 39.0 Å². The smallest absolute Gasteiger partial charge is 0.166 e. The van der Waals surface area contributed by atoms with Crippen molar-refractivity contribution in [1.82, 2.24) is 10.6 Å². The maximum Gasteiger partial charge on any atom is 0.166 e. The molecule has 2 fully saturated rings. The van der Waals surface area contributed by atoms with E-state index >= 15 is 0 Å². The highest BCUT2D eigenvalue weighted by molar-refractivity contribution is 7.80. The third-order valence-corrected chi connectivity index (χ3v) is 4.34. The highest BCUT2D eigenvalue weighted by Crippen LogP contribution is 2.44. The van der Waals surface area contributed by atoms with Gasteiger partial charge in [0.15, 0.2) is 5.11 Å². The van der Waals surface area contributed by atoms with Gasteiger partial charge in [0.1, 0.15) is 0 Å². The first-order chi connectivity index (χ1) is 7.72. The molecule has 2 saturated carbocycles. The zero-order valence-corrected chi connectivity index (χ0v) is 10.7. The van der Waals surface area contributed by atoms with E-state index < -0.39 is 0 Å². The maximum absolute atomic E-state index is 9.09. The molecule has 0 saturated heterocycles. The van der Waals surface area contributed by atoms with E-state index in [-0.39, 0.29) is 12.6 Å². The van der Waals surface area contributed by atoms with Gasteiger partial charge in [-0.05, 0) is 49.7 Å². The van der Waals surface area contributed by atoms with E-state index in [1.165, 1.54) is 25.7 Å². The first-order valence-corrected chi connectivity index (χ1v) is 6.81. The Bertz CT molecular complexity index is 255. The van der Waals surface area contributed by atoms with Gasteiger partial charge in [-0.15, -0.1) is 0 Å². The van der Waals surface area contributed by atoms with Gasteiger partial charge >= 0.3 is 0 Å². The highest BCUT2D eigenvalue weighted by Gasteiger charge is 2.39. The standard InChI is InChI=1S/C12H22N2OS/c1-2-10(7-15)13-12(16)14-11-6-8-3-4-9(11)5-8/h8-11,15H,2-7H2,1H3,(H2,13,14,16)/t8-,9-,10+,11-/m1/s1. The molecule has 16 heavy (non-hydrogen) atoms. The number of aliphatic hydroxyl groups is 1. The molecular weight excluding hydrogens is 220 g/mol. The average Bonchev–Trinajstić information content (AvgIpc) is 2.87. The van der Waals surface area contributed by atoms with Crippen LogP contribution in [0.2, 0.25) is 0 Å². The summed E-state index contributed by atoms with van der Waals surface area (Å²) in [5.74, 6) is 1.77. The van der Waals surface area contributed by atoms with E-state index in [0.29, 0.717) is 6.04 Å². The summed E-state index contributed by atoms with van der Waals surface area (Å²) in [5.41, 5.74) is 0. The first-order valence-electron chi connectivity index (χ1n) is 6.40. The Morgan fingerprint density at radius 3 is 2.75 bits per heavy atom. The number of fused-ring (bicyclic) bond motifs is 2.